The van der Waals surface area contributed by atoms with Crippen LogP contribution in [0.2, 0.25) is 0 Å². The molecule has 3 rings (SSSR count). The number of fused-ring (bicyclic) bond motifs is 1. The highest BCUT2D eigenvalue weighted by molar-refractivity contribution is 7.92. The van der Waals surface area contributed by atoms with Gasteiger partial charge in [0.25, 0.3) is 10.0 Å². The molecule has 31 heavy (non-hydrogen) atoms. The third-order valence-electron chi connectivity index (χ3n) is 5.01. The number of rotatable bonds is 9. The minimum absolute atomic E-state index is 0.117. The van der Waals surface area contributed by atoms with Gasteiger partial charge in [-0.3, -0.25) is 4.72 Å². The predicted octanol–water partition coefficient (Wildman–Crippen LogP) is 3.62. The van der Waals surface area contributed by atoms with Crippen molar-refractivity contribution >= 4 is 25.7 Å². The average molecular weight is 467 g/mol. The van der Waals surface area contributed by atoms with E-state index in [0.29, 0.717) is 43.3 Å². The minimum atomic E-state index is -3.78. The maximum Gasteiger partial charge on any atom is 0.261 e. The lowest BCUT2D eigenvalue weighted by molar-refractivity contribution is 0.271. The lowest BCUT2D eigenvalue weighted by Gasteiger charge is -2.28. The molecule has 0 saturated carbocycles. The summed E-state index contributed by atoms with van der Waals surface area (Å²) >= 11 is 0. The smallest absolute Gasteiger partial charge is 0.261 e. The summed E-state index contributed by atoms with van der Waals surface area (Å²) in [7, 11) is -7.07. The quantitative estimate of drug-likeness (QED) is 0.609. The summed E-state index contributed by atoms with van der Waals surface area (Å²) in [5.74, 6) is 1.11. The summed E-state index contributed by atoms with van der Waals surface area (Å²) < 4.78 is 60.1. The molecule has 0 radical (unpaired) electrons. The van der Waals surface area contributed by atoms with Crippen LogP contribution in [0.25, 0.3) is 0 Å². The maximum absolute atomic E-state index is 12.8. The van der Waals surface area contributed by atoms with E-state index in [1.165, 1.54) is 16.4 Å². The Morgan fingerprint density at radius 1 is 1.03 bits per heavy atom. The fourth-order valence-electron chi connectivity index (χ4n) is 3.41. The minimum Gasteiger partial charge on any atom is -0.493 e. The van der Waals surface area contributed by atoms with E-state index in [1.54, 1.807) is 24.3 Å². The molecule has 0 spiro atoms. The van der Waals surface area contributed by atoms with E-state index in [-0.39, 0.29) is 17.2 Å². The topological polar surface area (TPSA) is 92.8 Å². The molecule has 0 amide bonds. The predicted molar refractivity (Wildman–Crippen MR) is 122 cm³/mol. The molecule has 0 bridgehead atoms. The second kappa shape index (κ2) is 9.58. The monoisotopic (exact) mass is 466 g/mol. The molecule has 0 aliphatic carbocycles. The molecule has 2 aromatic carbocycles. The van der Waals surface area contributed by atoms with Crippen LogP contribution in [0, 0.1) is 5.92 Å². The van der Waals surface area contributed by atoms with E-state index in [2.05, 4.69) is 4.72 Å². The highest BCUT2D eigenvalue weighted by Crippen LogP contribution is 2.26. The molecule has 170 valence electrons. The Morgan fingerprint density at radius 2 is 1.74 bits per heavy atom. The summed E-state index contributed by atoms with van der Waals surface area (Å²) in [6, 6.07) is 11.6. The number of nitrogens with zero attached hydrogens (tertiary/aromatic N) is 1. The third-order valence-corrected chi connectivity index (χ3v) is 8.43. The number of benzene rings is 2. The molecule has 1 heterocycles. The first-order valence-corrected chi connectivity index (χ1v) is 13.6. The van der Waals surface area contributed by atoms with Crippen LogP contribution in [0.3, 0.4) is 0 Å². The van der Waals surface area contributed by atoms with Gasteiger partial charge in [-0.1, -0.05) is 26.8 Å². The standard InChI is InChI=1S/C22H30N2O5S2/c1-4-13-30(25,26)24-12-11-18-5-6-20(14-19(18)15-24)23-31(27,28)22-9-7-21(8-10-22)29-16-17(2)3/h5-10,14,17,23H,4,11-13,15-16H2,1-3H3. The Bertz CT molecular complexity index is 1110. The van der Waals surface area contributed by atoms with E-state index >= 15 is 0 Å². The molecule has 1 aliphatic rings. The summed E-state index contributed by atoms with van der Waals surface area (Å²) in [6.07, 6.45) is 1.18. The van der Waals surface area contributed by atoms with E-state index in [4.69, 9.17) is 4.74 Å². The summed E-state index contributed by atoms with van der Waals surface area (Å²) in [6.45, 7) is 7.19. The normalized spacial score (nSPS) is 15.0. The Balaban J connectivity index is 1.74. The van der Waals surface area contributed by atoms with Gasteiger partial charge in [-0.2, -0.15) is 4.31 Å². The summed E-state index contributed by atoms with van der Waals surface area (Å²) in [5.41, 5.74) is 2.27. The molecule has 0 unspecified atom stereocenters. The van der Waals surface area contributed by atoms with Crippen molar-refractivity contribution in [3.8, 4) is 5.75 Å². The molecule has 7 nitrogen and oxygen atoms in total. The fourth-order valence-corrected chi connectivity index (χ4v) is 5.94. The molecule has 1 aliphatic heterocycles. The number of sulfonamides is 2. The van der Waals surface area contributed by atoms with Gasteiger partial charge in [-0.25, -0.2) is 16.8 Å². The van der Waals surface area contributed by atoms with Crippen molar-refractivity contribution in [1.29, 1.82) is 0 Å². The number of ether oxygens (including phenoxy) is 1. The van der Waals surface area contributed by atoms with Gasteiger partial charge in [0.05, 0.1) is 17.3 Å². The van der Waals surface area contributed by atoms with Crippen LogP contribution in [0.5, 0.6) is 5.75 Å². The Morgan fingerprint density at radius 3 is 2.39 bits per heavy atom. The van der Waals surface area contributed by atoms with Crippen LogP contribution in [-0.4, -0.2) is 40.0 Å². The Kier molecular flexibility index (Phi) is 7.28. The summed E-state index contributed by atoms with van der Waals surface area (Å²) in [4.78, 5) is 0.134. The summed E-state index contributed by atoms with van der Waals surface area (Å²) in [5, 5.41) is 0. The van der Waals surface area contributed by atoms with Crippen molar-refractivity contribution in [2.45, 2.75) is 45.1 Å². The number of hydrogen-bond donors (Lipinski definition) is 1. The van der Waals surface area contributed by atoms with Gasteiger partial charge < -0.3 is 4.74 Å². The Labute approximate surface area is 185 Å². The third kappa shape index (κ3) is 5.99. The number of anilines is 1. The number of nitrogens with one attached hydrogen (secondary N) is 1. The highest BCUT2D eigenvalue weighted by atomic mass is 32.2. The van der Waals surface area contributed by atoms with Crippen molar-refractivity contribution < 1.29 is 21.6 Å². The molecular formula is C22H30N2O5S2. The molecular weight excluding hydrogens is 436 g/mol. The zero-order chi connectivity index (χ0) is 22.6. The van der Waals surface area contributed by atoms with Crippen LogP contribution < -0.4 is 9.46 Å². The first-order chi connectivity index (χ1) is 14.6. The van der Waals surface area contributed by atoms with Crippen molar-refractivity contribution in [3.63, 3.8) is 0 Å². The Hall–Kier alpha value is -2.10. The average Bonchev–Trinajstić information content (AvgIpc) is 2.71. The maximum atomic E-state index is 12.8. The molecule has 0 saturated heterocycles. The largest absolute Gasteiger partial charge is 0.493 e. The lowest BCUT2D eigenvalue weighted by Crippen LogP contribution is -2.37. The molecule has 1 N–H and O–H groups in total. The molecule has 9 heteroatoms. The first kappa shape index (κ1) is 23.6. The van der Waals surface area contributed by atoms with Crippen LogP contribution in [0.1, 0.15) is 38.3 Å². The fraction of sp³-hybridized carbons (Fsp3) is 0.455. The molecule has 2 aromatic rings. The van der Waals surface area contributed by atoms with Crippen LogP contribution in [0.4, 0.5) is 5.69 Å². The molecule has 0 aromatic heterocycles. The highest BCUT2D eigenvalue weighted by Gasteiger charge is 2.26. The van der Waals surface area contributed by atoms with Gasteiger partial charge in [-0.15, -0.1) is 0 Å². The van der Waals surface area contributed by atoms with Crippen molar-refractivity contribution in [2.24, 2.45) is 5.92 Å². The van der Waals surface area contributed by atoms with Gasteiger partial charge >= 0.3 is 0 Å². The zero-order valence-electron chi connectivity index (χ0n) is 18.2. The van der Waals surface area contributed by atoms with Gasteiger partial charge in [0, 0.05) is 18.8 Å². The van der Waals surface area contributed by atoms with Crippen LogP contribution in [0.15, 0.2) is 47.4 Å². The van der Waals surface area contributed by atoms with Gasteiger partial charge in [0.15, 0.2) is 0 Å². The zero-order valence-corrected chi connectivity index (χ0v) is 19.8. The molecule has 0 fully saturated rings. The van der Waals surface area contributed by atoms with Gasteiger partial charge in [0.2, 0.25) is 10.0 Å². The van der Waals surface area contributed by atoms with Crippen molar-refractivity contribution in [3.05, 3.63) is 53.6 Å². The first-order valence-electron chi connectivity index (χ1n) is 10.5. The number of hydrogen-bond acceptors (Lipinski definition) is 5. The van der Waals surface area contributed by atoms with E-state index in [1.807, 2.05) is 26.8 Å². The SMILES string of the molecule is CCCS(=O)(=O)N1CCc2ccc(NS(=O)(=O)c3ccc(OCC(C)C)cc3)cc2C1. The van der Waals surface area contributed by atoms with Crippen LogP contribution >= 0.6 is 0 Å². The van der Waals surface area contributed by atoms with Crippen molar-refractivity contribution in [1.82, 2.24) is 4.31 Å². The van der Waals surface area contributed by atoms with E-state index in [0.717, 1.165) is 11.1 Å². The van der Waals surface area contributed by atoms with Crippen molar-refractivity contribution in [2.75, 3.05) is 23.6 Å². The van der Waals surface area contributed by atoms with E-state index in [9.17, 15) is 16.8 Å². The second-order valence-electron chi connectivity index (χ2n) is 8.16. The van der Waals surface area contributed by atoms with Crippen LogP contribution in [-0.2, 0) is 33.0 Å². The molecule has 0 atom stereocenters. The van der Waals surface area contributed by atoms with E-state index < -0.39 is 20.0 Å². The second-order valence-corrected chi connectivity index (χ2v) is 11.9. The van der Waals surface area contributed by atoms with Gasteiger partial charge in [0.1, 0.15) is 5.75 Å². The van der Waals surface area contributed by atoms with Gasteiger partial charge in [-0.05, 0) is 66.3 Å². The lowest BCUT2D eigenvalue weighted by atomic mass is 10.0.